The van der Waals surface area contributed by atoms with Gasteiger partial charge in [0.1, 0.15) is 0 Å². The van der Waals surface area contributed by atoms with Gasteiger partial charge in [-0.3, -0.25) is 4.79 Å². The molecular weight excluding hydrogens is 286 g/mol. The molecule has 1 amide bonds. The van der Waals surface area contributed by atoms with Crippen molar-refractivity contribution in [3.63, 3.8) is 0 Å². The molecule has 0 N–H and O–H groups in total. The van der Waals surface area contributed by atoms with Gasteiger partial charge < -0.3 is 4.90 Å². The van der Waals surface area contributed by atoms with Gasteiger partial charge in [0.25, 0.3) is 5.91 Å². The van der Waals surface area contributed by atoms with Crippen molar-refractivity contribution in [2.75, 3.05) is 13.1 Å². The number of aromatic nitrogens is 2. The number of fused-ring (bicyclic) bond motifs is 1. The summed E-state index contributed by atoms with van der Waals surface area (Å²) in [6.45, 7) is 1.71. The Labute approximate surface area is 135 Å². The number of carbonyl (C=O) groups is 1. The van der Waals surface area contributed by atoms with Crippen LogP contribution in [0.15, 0.2) is 54.7 Å². The molecule has 0 radical (unpaired) electrons. The number of pyridine rings is 1. The molecule has 4 nitrogen and oxygen atoms in total. The van der Waals surface area contributed by atoms with Crippen LogP contribution >= 0.6 is 0 Å². The summed E-state index contributed by atoms with van der Waals surface area (Å²) in [5.41, 5.74) is 3.67. The van der Waals surface area contributed by atoms with Crippen LogP contribution in [0.1, 0.15) is 29.6 Å². The van der Waals surface area contributed by atoms with Gasteiger partial charge in [0, 0.05) is 18.7 Å². The molecule has 0 bridgehead atoms. The van der Waals surface area contributed by atoms with Gasteiger partial charge >= 0.3 is 0 Å². The highest BCUT2D eigenvalue weighted by molar-refractivity contribution is 6.01. The molecule has 3 heterocycles. The van der Waals surface area contributed by atoms with Crippen molar-refractivity contribution >= 4 is 11.4 Å². The third-order valence-corrected chi connectivity index (χ3v) is 4.49. The predicted molar refractivity (Wildman–Crippen MR) is 90.4 cm³/mol. The molecule has 1 fully saturated rings. The van der Waals surface area contributed by atoms with Crippen molar-refractivity contribution in [1.29, 1.82) is 0 Å². The smallest absolute Gasteiger partial charge is 0.257 e. The highest BCUT2D eigenvalue weighted by atomic mass is 16.2. The second-order valence-electron chi connectivity index (χ2n) is 5.99. The van der Waals surface area contributed by atoms with Crippen molar-refractivity contribution in [2.24, 2.45) is 0 Å². The van der Waals surface area contributed by atoms with E-state index >= 15 is 0 Å². The molecule has 0 aliphatic carbocycles. The second kappa shape index (κ2) is 5.88. The summed E-state index contributed by atoms with van der Waals surface area (Å²) in [7, 11) is 0. The largest absolute Gasteiger partial charge is 0.339 e. The van der Waals surface area contributed by atoms with E-state index in [1.165, 1.54) is 6.42 Å². The fourth-order valence-electron chi connectivity index (χ4n) is 3.27. The number of rotatable bonds is 2. The maximum atomic E-state index is 12.8. The Morgan fingerprint density at radius 3 is 2.48 bits per heavy atom. The summed E-state index contributed by atoms with van der Waals surface area (Å²) < 4.78 is 1.87. The minimum absolute atomic E-state index is 0.102. The Kier molecular flexibility index (Phi) is 3.58. The van der Waals surface area contributed by atoms with E-state index in [0.29, 0.717) is 5.56 Å². The lowest BCUT2D eigenvalue weighted by Crippen LogP contribution is -2.35. The molecule has 4 heteroatoms. The van der Waals surface area contributed by atoms with Gasteiger partial charge in [-0.25, -0.2) is 4.52 Å². The van der Waals surface area contributed by atoms with Crippen LogP contribution in [0.2, 0.25) is 0 Å². The lowest BCUT2D eigenvalue weighted by atomic mass is 10.1. The minimum atomic E-state index is 0.102. The molecule has 116 valence electrons. The SMILES string of the molecule is O=C(c1cnn2c(-c3ccccc3)cccc12)N1CCCCC1. The molecule has 2 aromatic heterocycles. The summed E-state index contributed by atoms with van der Waals surface area (Å²) in [5.74, 6) is 0.102. The Morgan fingerprint density at radius 2 is 1.70 bits per heavy atom. The molecule has 0 saturated carbocycles. The highest BCUT2D eigenvalue weighted by Crippen LogP contribution is 2.23. The van der Waals surface area contributed by atoms with Gasteiger partial charge in [-0.05, 0) is 31.4 Å². The molecule has 3 aromatic rings. The summed E-state index contributed by atoms with van der Waals surface area (Å²) in [4.78, 5) is 14.7. The summed E-state index contributed by atoms with van der Waals surface area (Å²) in [6.07, 6.45) is 5.12. The number of carbonyl (C=O) groups excluding carboxylic acids is 1. The van der Waals surface area contributed by atoms with Gasteiger partial charge in [0.15, 0.2) is 0 Å². The van der Waals surface area contributed by atoms with E-state index in [9.17, 15) is 4.79 Å². The third kappa shape index (κ3) is 2.50. The summed E-state index contributed by atoms with van der Waals surface area (Å²) >= 11 is 0. The van der Waals surface area contributed by atoms with Crippen molar-refractivity contribution in [1.82, 2.24) is 14.5 Å². The molecule has 0 unspecified atom stereocenters. The van der Waals surface area contributed by atoms with Crippen molar-refractivity contribution in [3.8, 4) is 11.3 Å². The third-order valence-electron chi connectivity index (χ3n) is 4.49. The molecule has 1 saturated heterocycles. The standard InChI is InChI=1S/C19H19N3O/c23-19(21-12-5-2-6-13-21)16-14-20-22-17(10-7-11-18(16)22)15-8-3-1-4-9-15/h1,3-4,7-11,14H,2,5-6,12-13H2. The fraction of sp³-hybridized carbons (Fsp3) is 0.263. The quantitative estimate of drug-likeness (QED) is 0.725. The Bertz CT molecular complexity index is 832. The van der Waals surface area contributed by atoms with Crippen LogP contribution in [-0.4, -0.2) is 33.5 Å². The Balaban J connectivity index is 1.77. The number of hydrogen-bond donors (Lipinski definition) is 0. The summed E-state index contributed by atoms with van der Waals surface area (Å²) in [5, 5.41) is 4.48. The van der Waals surface area contributed by atoms with Crippen LogP contribution in [0.4, 0.5) is 0 Å². The molecular formula is C19H19N3O. The van der Waals surface area contributed by atoms with E-state index in [-0.39, 0.29) is 5.91 Å². The topological polar surface area (TPSA) is 37.6 Å². The van der Waals surface area contributed by atoms with Crippen LogP contribution < -0.4 is 0 Å². The zero-order chi connectivity index (χ0) is 15.6. The van der Waals surface area contributed by atoms with E-state index < -0.39 is 0 Å². The van der Waals surface area contributed by atoms with Crippen molar-refractivity contribution in [2.45, 2.75) is 19.3 Å². The minimum Gasteiger partial charge on any atom is -0.339 e. The molecule has 0 spiro atoms. The van der Waals surface area contributed by atoms with E-state index in [0.717, 1.165) is 42.7 Å². The van der Waals surface area contributed by atoms with E-state index in [1.54, 1.807) is 6.20 Å². The number of benzene rings is 1. The maximum absolute atomic E-state index is 12.8. The van der Waals surface area contributed by atoms with Gasteiger partial charge in [-0.1, -0.05) is 36.4 Å². The molecule has 0 atom stereocenters. The first-order chi connectivity index (χ1) is 11.3. The van der Waals surface area contributed by atoms with Crippen LogP contribution in [0, 0.1) is 0 Å². The molecule has 1 aliphatic rings. The molecule has 1 aliphatic heterocycles. The van der Waals surface area contributed by atoms with Crippen molar-refractivity contribution < 1.29 is 4.79 Å². The zero-order valence-corrected chi connectivity index (χ0v) is 13.0. The molecule has 23 heavy (non-hydrogen) atoms. The first-order valence-electron chi connectivity index (χ1n) is 8.16. The van der Waals surface area contributed by atoms with Gasteiger partial charge in [-0.15, -0.1) is 0 Å². The first-order valence-corrected chi connectivity index (χ1v) is 8.16. The zero-order valence-electron chi connectivity index (χ0n) is 13.0. The van der Waals surface area contributed by atoms with Crippen LogP contribution in [0.25, 0.3) is 16.8 Å². The molecule has 1 aromatic carbocycles. The normalized spacial score (nSPS) is 15.0. The van der Waals surface area contributed by atoms with Gasteiger partial charge in [0.2, 0.25) is 0 Å². The number of nitrogens with zero attached hydrogens (tertiary/aromatic N) is 3. The van der Waals surface area contributed by atoms with Crippen molar-refractivity contribution in [3.05, 3.63) is 60.3 Å². The van der Waals surface area contributed by atoms with E-state index in [1.807, 2.05) is 45.8 Å². The highest BCUT2D eigenvalue weighted by Gasteiger charge is 2.22. The van der Waals surface area contributed by atoms with Gasteiger partial charge in [0.05, 0.1) is 23.0 Å². The molecule has 4 rings (SSSR count). The maximum Gasteiger partial charge on any atom is 0.257 e. The second-order valence-corrected chi connectivity index (χ2v) is 5.99. The lowest BCUT2D eigenvalue weighted by molar-refractivity contribution is 0.0726. The first kappa shape index (κ1) is 14.0. The number of likely N-dealkylation sites (tertiary alicyclic amines) is 1. The Morgan fingerprint density at radius 1 is 0.913 bits per heavy atom. The van der Waals surface area contributed by atoms with Crippen LogP contribution in [0.3, 0.4) is 0 Å². The number of piperidine rings is 1. The fourth-order valence-corrected chi connectivity index (χ4v) is 3.27. The summed E-state index contributed by atoms with van der Waals surface area (Å²) in [6, 6.07) is 16.1. The van der Waals surface area contributed by atoms with Crippen LogP contribution in [0.5, 0.6) is 0 Å². The average molecular weight is 305 g/mol. The van der Waals surface area contributed by atoms with Crippen LogP contribution in [-0.2, 0) is 0 Å². The van der Waals surface area contributed by atoms with E-state index in [4.69, 9.17) is 0 Å². The van der Waals surface area contributed by atoms with Gasteiger partial charge in [-0.2, -0.15) is 5.10 Å². The average Bonchev–Trinajstić information content (AvgIpc) is 3.06. The lowest BCUT2D eigenvalue weighted by Gasteiger charge is -2.26. The predicted octanol–water partition coefficient (Wildman–Crippen LogP) is 3.63. The number of hydrogen-bond acceptors (Lipinski definition) is 2. The monoisotopic (exact) mass is 305 g/mol. The number of amides is 1. The van der Waals surface area contributed by atoms with E-state index in [2.05, 4.69) is 17.2 Å². The Hall–Kier alpha value is -2.62.